The Balaban J connectivity index is 0.00000324. The molecule has 0 bridgehead atoms. The van der Waals surface area contributed by atoms with Crippen molar-refractivity contribution in [3.63, 3.8) is 0 Å². The molecule has 4 rings (SSSR count). The van der Waals surface area contributed by atoms with Crippen LogP contribution in [0.5, 0.6) is 0 Å². The summed E-state index contributed by atoms with van der Waals surface area (Å²) in [5, 5.41) is 0. The van der Waals surface area contributed by atoms with Gasteiger partial charge < -0.3 is 15.4 Å². The molecular weight excluding hydrogens is 669 g/mol. The van der Waals surface area contributed by atoms with Crippen LogP contribution in [0.3, 0.4) is 0 Å². The first-order chi connectivity index (χ1) is 16.1. The second-order valence-electron chi connectivity index (χ2n) is 8.80. The van der Waals surface area contributed by atoms with Gasteiger partial charge in [0.1, 0.15) is 6.10 Å². The van der Waals surface area contributed by atoms with E-state index in [1.165, 1.54) is 36.3 Å². The number of anilines is 3. The molecule has 0 spiro atoms. The predicted molar refractivity (Wildman–Crippen MR) is 135 cm³/mol. The standard InChI is InChI=1S/C27H34N4O.W.Y/c1-4-5-21(2)18-23-6-8-24(9-7-23)29-14-16-30(17-15-29)25-10-12-26(13-11-25)31-20-27(19-28)32-22(31)3;;/h4,6-13,21,27H,3,5,14-20,28H2,1H3;;/q-2;;. The largest absolute Gasteiger partial charge is 0.0367 e. The van der Waals surface area contributed by atoms with E-state index in [9.17, 15) is 0 Å². The first-order valence-corrected chi connectivity index (χ1v) is 13.3. The van der Waals surface area contributed by atoms with E-state index >= 15 is 0 Å². The van der Waals surface area contributed by atoms with Gasteiger partial charge in [0.25, 0.3) is 0 Å². The Hall–Kier alpha value is -0.998. The molecule has 2 saturated heterocycles. The Kier molecular flexibility index (Phi) is 10.8. The van der Waals surface area contributed by atoms with E-state index in [4.69, 9.17) is 10.5 Å². The fourth-order valence-corrected chi connectivity index (χ4v) is 5.27. The van der Waals surface area contributed by atoms with Crippen LogP contribution in [-0.2, 0) is 63.2 Å². The molecule has 0 aromatic heterocycles. The van der Waals surface area contributed by atoms with Crippen molar-refractivity contribution in [3.05, 3.63) is 73.0 Å². The Bertz CT molecular complexity index is 929. The van der Waals surface area contributed by atoms with Crippen LogP contribution in [0.2, 0.25) is 0 Å². The number of nitrogens with two attached hydrogens (primary N) is 1. The summed E-state index contributed by atoms with van der Waals surface area (Å²) >= 11 is 1.44. The molecule has 2 unspecified atom stereocenters. The number of nitrogens with zero attached hydrogens (tertiary/aromatic N) is 3. The number of benzene rings is 2. The zero-order chi connectivity index (χ0) is 23.2. The van der Waals surface area contributed by atoms with Crippen LogP contribution in [0.25, 0.3) is 0 Å². The quantitative estimate of drug-likeness (QED) is 0.405. The van der Waals surface area contributed by atoms with Crippen LogP contribution >= 0.6 is 0 Å². The van der Waals surface area contributed by atoms with Gasteiger partial charge in [-0.05, 0) is 30.8 Å². The van der Waals surface area contributed by atoms with Gasteiger partial charge in [-0.1, -0.05) is 0 Å². The summed E-state index contributed by atoms with van der Waals surface area (Å²) in [6.07, 6.45) is 4.47. The Morgan fingerprint density at radius 3 is 2.03 bits per heavy atom. The van der Waals surface area contributed by atoms with Gasteiger partial charge in [0.2, 0.25) is 0 Å². The monoisotopic (exact) mass is 703 g/mol. The number of hydrogen-bond donors (Lipinski definition) is 1. The summed E-state index contributed by atoms with van der Waals surface area (Å²) in [7, 11) is 0. The summed E-state index contributed by atoms with van der Waals surface area (Å²) in [5.74, 6) is 1.23. The van der Waals surface area contributed by atoms with Gasteiger partial charge in [-0.3, -0.25) is 0 Å². The van der Waals surface area contributed by atoms with Crippen molar-refractivity contribution >= 4 is 21.5 Å². The molecule has 2 aliphatic rings. The zero-order valence-electron chi connectivity index (χ0n) is 20.0. The van der Waals surface area contributed by atoms with Crippen molar-refractivity contribution in [1.82, 2.24) is 0 Å². The van der Waals surface area contributed by atoms with Crippen LogP contribution in [0.15, 0.2) is 61.0 Å². The number of piperazine rings is 1. The topological polar surface area (TPSA) is 45.0 Å². The maximum absolute atomic E-state index is 5.75. The SMILES string of the molecule is C=C1OC(CN)CN1c1ccc(N2CCN(c3ccc(CC([C-]=[W])C[CH-]C)cc3)CC2)cc1.[Y]. The average Bonchev–Trinajstić information content (AvgIpc) is 3.25. The van der Waals surface area contributed by atoms with Crippen molar-refractivity contribution in [2.45, 2.75) is 25.9 Å². The smallest absolute Gasteiger partial charge is 0 e. The molecule has 0 saturated carbocycles. The third-order valence-corrected chi connectivity index (χ3v) is 7.73. The van der Waals surface area contributed by atoms with Gasteiger partial charge in [0.15, 0.2) is 5.88 Å². The average molecular weight is 703 g/mol. The molecule has 0 aliphatic carbocycles. The third kappa shape index (κ3) is 6.81. The molecule has 34 heavy (non-hydrogen) atoms. The number of hydrogen-bond acceptors (Lipinski definition) is 5. The van der Waals surface area contributed by atoms with E-state index < -0.39 is 0 Å². The van der Waals surface area contributed by atoms with Crippen LogP contribution in [0.4, 0.5) is 17.1 Å². The normalized spacial score (nSPS) is 18.9. The fourth-order valence-electron chi connectivity index (χ4n) is 4.62. The van der Waals surface area contributed by atoms with E-state index in [-0.39, 0.29) is 38.8 Å². The molecule has 2 fully saturated rings. The number of rotatable bonds is 9. The summed E-state index contributed by atoms with van der Waals surface area (Å²) in [4.78, 5) is 7.06. The van der Waals surface area contributed by atoms with Crippen LogP contribution in [-0.4, -0.2) is 49.8 Å². The molecule has 2 atom stereocenters. The summed E-state index contributed by atoms with van der Waals surface area (Å²) in [6, 6.07) is 17.9. The van der Waals surface area contributed by atoms with Crippen molar-refractivity contribution < 1.29 is 56.8 Å². The van der Waals surface area contributed by atoms with Gasteiger partial charge in [0, 0.05) is 44.9 Å². The first-order valence-electron chi connectivity index (χ1n) is 11.8. The fraction of sp³-hybridized carbons (Fsp3) is 0.407. The van der Waals surface area contributed by atoms with E-state index in [1.807, 2.05) is 0 Å². The molecule has 2 aliphatic heterocycles. The minimum atomic E-state index is 0. The van der Waals surface area contributed by atoms with E-state index in [2.05, 4.69) is 87.6 Å². The van der Waals surface area contributed by atoms with Crippen molar-refractivity contribution in [2.24, 2.45) is 11.7 Å². The second-order valence-corrected chi connectivity index (χ2v) is 9.65. The first kappa shape index (κ1) is 27.6. The molecule has 2 aromatic rings. The molecule has 2 N–H and O–H groups in total. The third-order valence-electron chi connectivity index (χ3n) is 6.53. The maximum Gasteiger partial charge on any atom is 0 e. The molecule has 2 aromatic carbocycles. The summed E-state index contributed by atoms with van der Waals surface area (Å²) in [6.45, 7) is 11.5. The zero-order valence-corrected chi connectivity index (χ0v) is 25.8. The molecule has 0 amide bonds. The van der Waals surface area contributed by atoms with Crippen LogP contribution in [0, 0.1) is 12.3 Å². The summed E-state index contributed by atoms with van der Waals surface area (Å²) in [5.41, 5.74) is 10.9. The van der Waals surface area contributed by atoms with Gasteiger partial charge in [0.05, 0.1) is 6.54 Å². The van der Waals surface area contributed by atoms with Gasteiger partial charge in [-0.2, -0.15) is 0 Å². The van der Waals surface area contributed by atoms with Crippen molar-refractivity contribution in [2.75, 3.05) is 54.0 Å². The minimum absolute atomic E-state index is 0. The van der Waals surface area contributed by atoms with Crippen LogP contribution in [0.1, 0.15) is 18.9 Å². The maximum atomic E-state index is 5.75. The Morgan fingerprint density at radius 1 is 1.03 bits per heavy atom. The molecular formula is C27H34N4OWY-2. The van der Waals surface area contributed by atoms with E-state index in [1.54, 1.807) is 0 Å². The van der Waals surface area contributed by atoms with E-state index in [0.717, 1.165) is 51.3 Å². The van der Waals surface area contributed by atoms with E-state index in [0.29, 0.717) is 18.3 Å². The number of ether oxygens (including phenoxy) is 1. The molecule has 179 valence electrons. The molecule has 2 heterocycles. The Morgan fingerprint density at radius 2 is 1.56 bits per heavy atom. The Labute approximate surface area is 241 Å². The van der Waals surface area contributed by atoms with Gasteiger partial charge in [-0.25, -0.2) is 0 Å². The second kappa shape index (κ2) is 13.3. The van der Waals surface area contributed by atoms with Gasteiger partial charge >= 0.3 is 133 Å². The molecule has 5 nitrogen and oxygen atoms in total. The summed E-state index contributed by atoms with van der Waals surface area (Å²) < 4.78 is 9.20. The van der Waals surface area contributed by atoms with Crippen molar-refractivity contribution in [3.8, 4) is 0 Å². The molecule has 1 radical (unpaired) electrons. The molecule has 7 heteroatoms. The van der Waals surface area contributed by atoms with Gasteiger partial charge in [-0.15, -0.1) is 0 Å². The predicted octanol–water partition coefficient (Wildman–Crippen LogP) is 3.64. The minimum Gasteiger partial charge on any atom is -0.0367 e. The van der Waals surface area contributed by atoms with Crippen LogP contribution < -0.4 is 20.4 Å². The van der Waals surface area contributed by atoms with Crippen molar-refractivity contribution in [1.29, 1.82) is 0 Å².